The molecule has 0 aliphatic carbocycles. The predicted molar refractivity (Wildman–Crippen MR) is 98.8 cm³/mol. The molecule has 0 spiro atoms. The second kappa shape index (κ2) is 6.89. The summed E-state index contributed by atoms with van der Waals surface area (Å²) >= 11 is 1.54. The summed E-state index contributed by atoms with van der Waals surface area (Å²) in [6, 6.07) is 18.3. The Morgan fingerprint density at radius 3 is 2.29 bits per heavy atom. The number of thiophene rings is 1. The van der Waals surface area contributed by atoms with Crippen molar-refractivity contribution in [2.45, 2.75) is 24.8 Å². The number of nitrogens with one attached hydrogen (secondary N) is 1. The second-order valence-corrected chi connectivity index (χ2v) is 8.42. The van der Waals surface area contributed by atoms with E-state index in [-0.39, 0.29) is 0 Å². The summed E-state index contributed by atoms with van der Waals surface area (Å²) in [5.41, 5.74) is 2.96. The van der Waals surface area contributed by atoms with Crippen LogP contribution in [0.5, 0.6) is 0 Å². The van der Waals surface area contributed by atoms with E-state index in [1.807, 2.05) is 67.8 Å². The van der Waals surface area contributed by atoms with Gasteiger partial charge in [-0.2, -0.15) is 4.72 Å². The van der Waals surface area contributed by atoms with Gasteiger partial charge < -0.3 is 0 Å². The summed E-state index contributed by atoms with van der Waals surface area (Å²) in [4.78, 5) is 1.26. The summed E-state index contributed by atoms with van der Waals surface area (Å²) in [6.45, 7) is 3.89. The molecule has 1 heterocycles. The van der Waals surface area contributed by atoms with Gasteiger partial charge in [0.25, 0.3) is 0 Å². The lowest BCUT2D eigenvalue weighted by molar-refractivity contribution is 0.573. The van der Waals surface area contributed by atoms with Gasteiger partial charge in [-0.05, 0) is 54.1 Å². The van der Waals surface area contributed by atoms with Crippen molar-refractivity contribution in [1.29, 1.82) is 0 Å². The monoisotopic (exact) mass is 357 g/mol. The van der Waals surface area contributed by atoms with Crippen LogP contribution in [0.2, 0.25) is 0 Å². The van der Waals surface area contributed by atoms with Crippen LogP contribution in [0, 0.1) is 13.8 Å². The van der Waals surface area contributed by atoms with Gasteiger partial charge in [-0.1, -0.05) is 42.5 Å². The average molecular weight is 358 g/mol. The molecule has 0 saturated heterocycles. The maximum atomic E-state index is 12.9. The quantitative estimate of drug-likeness (QED) is 0.734. The average Bonchev–Trinajstić information content (AvgIpc) is 3.10. The van der Waals surface area contributed by atoms with Crippen molar-refractivity contribution in [2.24, 2.45) is 0 Å². The van der Waals surface area contributed by atoms with E-state index in [0.29, 0.717) is 4.90 Å². The third-order valence-electron chi connectivity index (χ3n) is 4.02. The van der Waals surface area contributed by atoms with Gasteiger partial charge in [0.2, 0.25) is 10.0 Å². The zero-order valence-electron chi connectivity index (χ0n) is 13.6. The highest BCUT2D eigenvalue weighted by molar-refractivity contribution is 7.89. The SMILES string of the molecule is Cc1ccc(S(=O)(=O)N[C@@H](c2ccccc2)c2cccs2)cc1C. The molecule has 0 unspecified atom stereocenters. The maximum Gasteiger partial charge on any atom is 0.241 e. The van der Waals surface area contributed by atoms with E-state index in [1.165, 1.54) is 0 Å². The molecule has 0 bridgehead atoms. The first-order valence-electron chi connectivity index (χ1n) is 7.65. The molecule has 3 aromatic rings. The van der Waals surface area contributed by atoms with Gasteiger partial charge in [-0.25, -0.2) is 8.42 Å². The van der Waals surface area contributed by atoms with Crippen LogP contribution in [-0.4, -0.2) is 8.42 Å². The van der Waals surface area contributed by atoms with Crippen molar-refractivity contribution in [2.75, 3.05) is 0 Å². The highest BCUT2D eigenvalue weighted by atomic mass is 32.2. The molecule has 1 aromatic heterocycles. The molecule has 0 amide bonds. The molecule has 24 heavy (non-hydrogen) atoms. The van der Waals surface area contributed by atoms with Crippen LogP contribution >= 0.6 is 11.3 Å². The van der Waals surface area contributed by atoms with E-state index >= 15 is 0 Å². The molecule has 0 saturated carbocycles. The summed E-state index contributed by atoms with van der Waals surface area (Å²) in [7, 11) is -3.62. The normalized spacial score (nSPS) is 12.9. The van der Waals surface area contributed by atoms with E-state index in [2.05, 4.69) is 4.72 Å². The van der Waals surface area contributed by atoms with Crippen LogP contribution in [0.15, 0.2) is 70.9 Å². The lowest BCUT2D eigenvalue weighted by Gasteiger charge is -2.18. The highest BCUT2D eigenvalue weighted by Crippen LogP contribution is 2.28. The minimum atomic E-state index is -3.62. The fourth-order valence-electron chi connectivity index (χ4n) is 2.50. The fourth-order valence-corrected chi connectivity index (χ4v) is 4.66. The van der Waals surface area contributed by atoms with Crippen molar-refractivity contribution in [3.05, 3.63) is 87.6 Å². The molecule has 2 aromatic carbocycles. The Morgan fingerprint density at radius 1 is 0.917 bits per heavy atom. The molecular weight excluding hydrogens is 338 g/mol. The molecule has 5 heteroatoms. The maximum absolute atomic E-state index is 12.9. The van der Waals surface area contributed by atoms with Gasteiger partial charge >= 0.3 is 0 Å². The minimum absolute atomic E-state index is 0.295. The number of aryl methyl sites for hydroxylation is 2. The topological polar surface area (TPSA) is 46.2 Å². The van der Waals surface area contributed by atoms with Gasteiger partial charge in [-0.15, -0.1) is 11.3 Å². The molecule has 1 N–H and O–H groups in total. The van der Waals surface area contributed by atoms with Gasteiger partial charge in [0.05, 0.1) is 10.9 Å². The minimum Gasteiger partial charge on any atom is -0.207 e. The van der Waals surface area contributed by atoms with Gasteiger partial charge in [0.15, 0.2) is 0 Å². The third-order valence-corrected chi connectivity index (χ3v) is 6.38. The third kappa shape index (κ3) is 3.59. The predicted octanol–water partition coefficient (Wildman–Crippen LogP) is 4.43. The molecule has 1 atom stereocenters. The summed E-state index contributed by atoms with van der Waals surface area (Å²) in [5.74, 6) is 0. The molecular formula is C19H19NO2S2. The highest BCUT2D eigenvalue weighted by Gasteiger charge is 2.23. The Hall–Kier alpha value is -1.95. The van der Waals surface area contributed by atoms with Crippen LogP contribution in [0.4, 0.5) is 0 Å². The number of hydrogen-bond donors (Lipinski definition) is 1. The summed E-state index contributed by atoms with van der Waals surface area (Å²) < 4.78 is 28.6. The second-order valence-electron chi connectivity index (χ2n) is 5.73. The number of sulfonamides is 1. The molecule has 0 fully saturated rings. The van der Waals surface area contributed by atoms with E-state index in [4.69, 9.17) is 0 Å². The fraction of sp³-hybridized carbons (Fsp3) is 0.158. The largest absolute Gasteiger partial charge is 0.241 e. The molecule has 0 aliphatic heterocycles. The standard InChI is InChI=1S/C19H19NO2S2/c1-14-10-11-17(13-15(14)2)24(21,22)20-19(18-9-6-12-23-18)16-7-4-3-5-8-16/h3-13,19-20H,1-2H3/t19-/m0/s1. The van der Waals surface area contributed by atoms with Gasteiger partial charge in [0, 0.05) is 4.88 Å². The van der Waals surface area contributed by atoms with E-state index in [9.17, 15) is 8.42 Å². The zero-order valence-corrected chi connectivity index (χ0v) is 15.2. The number of hydrogen-bond acceptors (Lipinski definition) is 3. The van der Waals surface area contributed by atoms with Crippen LogP contribution < -0.4 is 4.72 Å². The molecule has 3 rings (SSSR count). The molecule has 0 aliphatic rings. The Morgan fingerprint density at radius 2 is 1.67 bits per heavy atom. The Labute approximate surface area is 147 Å². The molecule has 0 radical (unpaired) electrons. The lowest BCUT2D eigenvalue weighted by atomic mass is 10.1. The van der Waals surface area contributed by atoms with Crippen molar-refractivity contribution in [3.63, 3.8) is 0 Å². The first-order chi connectivity index (χ1) is 11.5. The first-order valence-corrected chi connectivity index (χ1v) is 10.0. The van der Waals surface area contributed by atoms with Crippen LogP contribution in [0.25, 0.3) is 0 Å². The van der Waals surface area contributed by atoms with Crippen molar-refractivity contribution >= 4 is 21.4 Å². The van der Waals surface area contributed by atoms with Gasteiger partial charge in [-0.3, -0.25) is 0 Å². The molecule has 124 valence electrons. The lowest BCUT2D eigenvalue weighted by Crippen LogP contribution is -2.29. The van der Waals surface area contributed by atoms with Crippen LogP contribution in [-0.2, 0) is 10.0 Å². The Kier molecular flexibility index (Phi) is 4.85. The first kappa shape index (κ1) is 16.9. The summed E-state index contributed by atoms with van der Waals surface area (Å²) in [5, 5.41) is 1.95. The van der Waals surface area contributed by atoms with E-state index in [1.54, 1.807) is 23.5 Å². The van der Waals surface area contributed by atoms with Gasteiger partial charge in [0.1, 0.15) is 0 Å². The number of rotatable bonds is 5. The number of benzene rings is 2. The van der Waals surface area contributed by atoms with E-state index < -0.39 is 16.1 Å². The van der Waals surface area contributed by atoms with Crippen LogP contribution in [0.3, 0.4) is 0 Å². The molecule has 3 nitrogen and oxygen atoms in total. The summed E-state index contributed by atoms with van der Waals surface area (Å²) in [6.07, 6.45) is 0. The van der Waals surface area contributed by atoms with Crippen LogP contribution in [0.1, 0.15) is 27.6 Å². The Balaban J connectivity index is 1.99. The van der Waals surface area contributed by atoms with E-state index in [0.717, 1.165) is 21.6 Å². The van der Waals surface area contributed by atoms with Crippen molar-refractivity contribution < 1.29 is 8.42 Å². The van der Waals surface area contributed by atoms with Crippen molar-refractivity contribution in [3.8, 4) is 0 Å². The smallest absolute Gasteiger partial charge is 0.207 e. The Bertz CT molecular complexity index is 917. The zero-order chi connectivity index (χ0) is 17.2. The van der Waals surface area contributed by atoms with Crippen molar-refractivity contribution in [1.82, 2.24) is 4.72 Å².